The van der Waals surface area contributed by atoms with Crippen LogP contribution in [0, 0.1) is 0 Å². The van der Waals surface area contributed by atoms with Crippen LogP contribution in [0.25, 0.3) is 0 Å². The molecule has 0 aliphatic carbocycles. The average molecular weight is 1200 g/mol. The van der Waals surface area contributed by atoms with Gasteiger partial charge in [0.05, 0.1) is 25.4 Å². The zero-order valence-electron chi connectivity index (χ0n) is 57.6. The Morgan fingerprint density at radius 3 is 0.906 bits per heavy atom. The summed E-state index contributed by atoms with van der Waals surface area (Å²) in [6.45, 7) is 4.93. The lowest BCUT2D eigenvalue weighted by molar-refractivity contribution is -0.143. The van der Waals surface area contributed by atoms with Crippen molar-refractivity contribution < 1.29 is 24.5 Å². The molecule has 0 saturated heterocycles. The zero-order chi connectivity index (χ0) is 61.3. The van der Waals surface area contributed by atoms with E-state index in [0.29, 0.717) is 19.4 Å². The molecular formula is C79H151NO5. The van der Waals surface area contributed by atoms with Crippen molar-refractivity contribution in [2.75, 3.05) is 13.2 Å². The lowest BCUT2D eigenvalue weighted by Gasteiger charge is -2.20. The summed E-state index contributed by atoms with van der Waals surface area (Å²) in [5.41, 5.74) is 0. The van der Waals surface area contributed by atoms with E-state index >= 15 is 0 Å². The minimum atomic E-state index is -0.844. The summed E-state index contributed by atoms with van der Waals surface area (Å²) in [5.74, 6) is -0.0485. The number of aliphatic hydroxyl groups excluding tert-OH is 2. The van der Waals surface area contributed by atoms with Crippen LogP contribution in [-0.2, 0) is 14.3 Å². The fourth-order valence-corrected chi connectivity index (χ4v) is 12.3. The lowest BCUT2D eigenvalue weighted by Crippen LogP contribution is -2.45. The van der Waals surface area contributed by atoms with Crippen molar-refractivity contribution in [1.82, 2.24) is 5.32 Å². The maximum absolute atomic E-state index is 12.5. The first-order valence-electron chi connectivity index (χ1n) is 38.8. The molecule has 0 aromatic carbocycles. The van der Waals surface area contributed by atoms with Gasteiger partial charge in [0.2, 0.25) is 5.91 Å². The van der Waals surface area contributed by atoms with Crippen LogP contribution in [0.15, 0.2) is 36.5 Å². The Kier molecular flexibility index (Phi) is 72.9. The molecule has 6 heteroatoms. The molecule has 0 aliphatic rings. The number of rotatable bonds is 73. The van der Waals surface area contributed by atoms with Gasteiger partial charge in [-0.05, 0) is 64.2 Å². The van der Waals surface area contributed by atoms with Crippen LogP contribution in [-0.4, -0.2) is 47.4 Å². The number of esters is 1. The molecule has 85 heavy (non-hydrogen) atoms. The van der Waals surface area contributed by atoms with Crippen molar-refractivity contribution in [3.05, 3.63) is 36.5 Å². The molecule has 0 aliphatic heterocycles. The van der Waals surface area contributed by atoms with Gasteiger partial charge in [-0.15, -0.1) is 0 Å². The van der Waals surface area contributed by atoms with E-state index in [0.717, 1.165) is 51.4 Å². The molecule has 0 radical (unpaired) electrons. The first-order chi connectivity index (χ1) is 42.0. The van der Waals surface area contributed by atoms with Gasteiger partial charge in [0, 0.05) is 12.8 Å². The number of amides is 1. The summed E-state index contributed by atoms with van der Waals surface area (Å²) in [5, 5.41) is 23.3. The van der Waals surface area contributed by atoms with Gasteiger partial charge in [-0.2, -0.15) is 0 Å². The van der Waals surface area contributed by atoms with Crippen molar-refractivity contribution in [2.45, 2.75) is 443 Å². The fourth-order valence-electron chi connectivity index (χ4n) is 12.3. The molecule has 0 aromatic rings. The first kappa shape index (κ1) is 83.1. The Balaban J connectivity index is 3.37. The highest BCUT2D eigenvalue weighted by Gasteiger charge is 2.18. The predicted molar refractivity (Wildman–Crippen MR) is 375 cm³/mol. The first-order valence-corrected chi connectivity index (χ1v) is 38.8. The number of carbonyl (C=O) groups is 2. The molecule has 0 aromatic heterocycles. The molecule has 0 saturated carbocycles. The van der Waals surface area contributed by atoms with Crippen LogP contribution in [0.2, 0.25) is 0 Å². The number of unbranched alkanes of at least 4 members (excludes halogenated alkanes) is 58. The van der Waals surface area contributed by atoms with E-state index in [9.17, 15) is 19.8 Å². The third kappa shape index (κ3) is 71.0. The fraction of sp³-hybridized carbons (Fsp3) is 0.899. The number of hydrogen-bond acceptors (Lipinski definition) is 5. The number of hydrogen-bond donors (Lipinski definition) is 3. The molecule has 0 rings (SSSR count). The monoisotopic (exact) mass is 1190 g/mol. The van der Waals surface area contributed by atoms with Crippen LogP contribution in [0.4, 0.5) is 0 Å². The highest BCUT2D eigenvalue weighted by Crippen LogP contribution is 2.20. The minimum Gasteiger partial charge on any atom is -0.466 e. The molecule has 502 valence electrons. The number of ether oxygens (including phenoxy) is 1. The van der Waals surface area contributed by atoms with Crippen LogP contribution in [0.3, 0.4) is 0 Å². The highest BCUT2D eigenvalue weighted by molar-refractivity contribution is 5.76. The normalized spacial score (nSPS) is 12.7. The second-order valence-electron chi connectivity index (χ2n) is 26.7. The van der Waals surface area contributed by atoms with Crippen LogP contribution in [0.5, 0.6) is 0 Å². The second kappa shape index (κ2) is 74.5. The van der Waals surface area contributed by atoms with Gasteiger partial charge >= 0.3 is 5.97 Å². The van der Waals surface area contributed by atoms with E-state index < -0.39 is 12.1 Å². The molecule has 3 N–H and O–H groups in total. The SMILES string of the molecule is CCCCCC/C=C\C/C=C\CCCCCCCCCC(=O)OCCCCCCCCCCCCCCCCCCCCCCCCCCCCCCC(=O)NC(CO)C(O)/C=C/CCCCCCCCCCCCCCCCCCCCCC. The van der Waals surface area contributed by atoms with E-state index in [1.165, 1.54) is 353 Å². The Hall–Kier alpha value is -1.92. The Morgan fingerprint density at radius 1 is 0.329 bits per heavy atom. The van der Waals surface area contributed by atoms with Crippen molar-refractivity contribution in [3.8, 4) is 0 Å². The van der Waals surface area contributed by atoms with E-state index in [2.05, 4.69) is 43.5 Å². The van der Waals surface area contributed by atoms with Gasteiger partial charge in [-0.25, -0.2) is 0 Å². The topological polar surface area (TPSA) is 95.9 Å². The van der Waals surface area contributed by atoms with E-state index in [-0.39, 0.29) is 18.5 Å². The highest BCUT2D eigenvalue weighted by atomic mass is 16.5. The summed E-state index contributed by atoms with van der Waals surface area (Å²) in [4.78, 5) is 24.7. The summed E-state index contributed by atoms with van der Waals surface area (Å²) in [7, 11) is 0. The molecule has 2 atom stereocenters. The van der Waals surface area contributed by atoms with Gasteiger partial charge in [-0.3, -0.25) is 9.59 Å². The number of carbonyl (C=O) groups excluding carboxylic acids is 2. The summed E-state index contributed by atoms with van der Waals surface area (Å²) in [6, 6.07) is -0.627. The van der Waals surface area contributed by atoms with Crippen molar-refractivity contribution in [3.63, 3.8) is 0 Å². The number of nitrogens with one attached hydrogen (secondary N) is 1. The van der Waals surface area contributed by atoms with E-state index in [4.69, 9.17) is 4.74 Å². The summed E-state index contributed by atoms with van der Waals surface area (Å²) < 4.78 is 5.51. The lowest BCUT2D eigenvalue weighted by atomic mass is 10.0. The number of aliphatic hydroxyl groups is 2. The summed E-state index contributed by atoms with van der Waals surface area (Å²) in [6.07, 6.45) is 96.8. The second-order valence-corrected chi connectivity index (χ2v) is 26.7. The van der Waals surface area contributed by atoms with Crippen LogP contribution < -0.4 is 5.32 Å². The van der Waals surface area contributed by atoms with Crippen molar-refractivity contribution in [2.24, 2.45) is 0 Å². The largest absolute Gasteiger partial charge is 0.466 e. The predicted octanol–water partition coefficient (Wildman–Crippen LogP) is 25.4. The van der Waals surface area contributed by atoms with Gasteiger partial charge in [0.15, 0.2) is 0 Å². The van der Waals surface area contributed by atoms with E-state index in [1.807, 2.05) is 6.08 Å². The molecule has 0 spiro atoms. The third-order valence-corrected chi connectivity index (χ3v) is 18.2. The van der Waals surface area contributed by atoms with E-state index in [1.54, 1.807) is 6.08 Å². The van der Waals surface area contributed by atoms with Gasteiger partial charge in [-0.1, -0.05) is 391 Å². The van der Waals surface area contributed by atoms with Crippen LogP contribution >= 0.6 is 0 Å². The maximum Gasteiger partial charge on any atom is 0.305 e. The minimum absolute atomic E-state index is 0.0119. The Labute approximate surface area is 532 Å². The molecule has 0 heterocycles. The molecular weight excluding hydrogens is 1040 g/mol. The van der Waals surface area contributed by atoms with Gasteiger partial charge in [0.25, 0.3) is 0 Å². The average Bonchev–Trinajstić information content (AvgIpc) is 3.51. The number of allylic oxidation sites excluding steroid dienone is 5. The molecule has 1 amide bonds. The molecule has 6 nitrogen and oxygen atoms in total. The third-order valence-electron chi connectivity index (χ3n) is 18.2. The summed E-state index contributed by atoms with van der Waals surface area (Å²) >= 11 is 0. The smallest absolute Gasteiger partial charge is 0.305 e. The Morgan fingerprint density at radius 2 is 0.588 bits per heavy atom. The van der Waals surface area contributed by atoms with Crippen molar-refractivity contribution in [1.29, 1.82) is 0 Å². The van der Waals surface area contributed by atoms with Crippen LogP contribution in [0.1, 0.15) is 431 Å². The molecule has 0 fully saturated rings. The zero-order valence-corrected chi connectivity index (χ0v) is 57.6. The quantitative estimate of drug-likeness (QED) is 0.0320. The van der Waals surface area contributed by atoms with Gasteiger partial charge in [0.1, 0.15) is 0 Å². The van der Waals surface area contributed by atoms with Crippen molar-refractivity contribution >= 4 is 11.9 Å². The Bertz CT molecular complexity index is 1380. The standard InChI is InChI=1S/C79H151NO5/c1-3-5-7-9-11-13-15-17-19-21-23-24-33-36-39-43-47-51-55-59-63-67-71-77(82)76(75-81)80-78(83)72-68-64-60-56-52-48-44-40-37-34-31-29-27-25-26-28-30-32-35-38-42-46-50-54-58-62-66-70-74-85-79(84)73-69-65-61-57-53-49-45-41-22-20-18-16-14-12-10-8-6-4-2/h14,16,20,22,67,71,76-77,81-82H,3-13,15,17-19,21,23-66,68-70,72-75H2,1-2H3,(H,80,83)/b16-14-,22-20-,71-67+. The molecule has 0 bridgehead atoms. The molecule has 2 unspecified atom stereocenters. The van der Waals surface area contributed by atoms with Gasteiger partial charge < -0.3 is 20.3 Å². The maximum atomic E-state index is 12.5.